The molecule has 1 heterocycles. The zero-order valence-corrected chi connectivity index (χ0v) is 14.3. The van der Waals surface area contributed by atoms with Crippen LogP contribution >= 0.6 is 15.9 Å². The molecule has 1 fully saturated rings. The number of amides is 1. The fraction of sp³-hybridized carbons (Fsp3) is 0.167. The first kappa shape index (κ1) is 15.1. The highest BCUT2D eigenvalue weighted by Gasteiger charge is 2.29. The average Bonchev–Trinajstić information content (AvgIpc) is 3.32. The van der Waals surface area contributed by atoms with Gasteiger partial charge in [0.15, 0.2) is 0 Å². The highest BCUT2D eigenvalue weighted by Crippen LogP contribution is 2.39. The van der Waals surface area contributed by atoms with E-state index in [1.165, 1.54) is 0 Å². The van der Waals surface area contributed by atoms with E-state index in [2.05, 4.69) is 31.4 Å². The molecule has 0 unspecified atom stereocenters. The maximum absolute atomic E-state index is 12.3. The normalized spacial score (nSPS) is 13.7. The summed E-state index contributed by atoms with van der Waals surface area (Å²) in [6.45, 7) is 0. The van der Waals surface area contributed by atoms with Crippen LogP contribution in [0.3, 0.4) is 0 Å². The molecule has 0 saturated heterocycles. The summed E-state index contributed by atoms with van der Waals surface area (Å²) < 4.78 is 6.18. The highest BCUT2D eigenvalue weighted by atomic mass is 79.9. The van der Waals surface area contributed by atoms with Gasteiger partial charge in [-0.25, -0.2) is 0 Å². The number of benzene rings is 2. The monoisotopic (exact) mass is 383 g/mol. The predicted octanol–water partition coefficient (Wildman–Crippen LogP) is 4.63. The molecule has 1 amide bonds. The standard InChI is InChI=1S/C18H14BrN3O2/c19-14-2-1-3-15(10-14)20-17(23)12-6-4-11(5-7-12)16-21-18(24-22-16)13-8-9-13/h1-7,10,13H,8-9H2,(H,20,23). The number of hydrogen-bond acceptors (Lipinski definition) is 4. The second-order valence-electron chi connectivity index (χ2n) is 5.77. The molecule has 2 aromatic carbocycles. The maximum Gasteiger partial charge on any atom is 0.255 e. The molecule has 3 aromatic rings. The van der Waals surface area contributed by atoms with Gasteiger partial charge in [0.25, 0.3) is 5.91 Å². The van der Waals surface area contributed by atoms with Crippen molar-refractivity contribution in [1.82, 2.24) is 10.1 Å². The third kappa shape index (κ3) is 3.23. The Kier molecular flexibility index (Phi) is 3.90. The van der Waals surface area contributed by atoms with Crippen LogP contribution in [0.1, 0.15) is 35.0 Å². The van der Waals surface area contributed by atoms with Crippen LogP contribution < -0.4 is 5.32 Å². The summed E-state index contributed by atoms with van der Waals surface area (Å²) in [5.41, 5.74) is 2.15. The SMILES string of the molecule is O=C(Nc1cccc(Br)c1)c1ccc(-c2noc(C3CC3)n2)cc1. The molecule has 0 bridgehead atoms. The molecular formula is C18H14BrN3O2. The van der Waals surface area contributed by atoms with Crippen molar-refractivity contribution in [2.75, 3.05) is 5.32 Å². The topological polar surface area (TPSA) is 68.0 Å². The van der Waals surface area contributed by atoms with Gasteiger partial charge in [0.05, 0.1) is 0 Å². The van der Waals surface area contributed by atoms with E-state index in [0.717, 1.165) is 28.6 Å². The Hall–Kier alpha value is -2.47. The molecular weight excluding hydrogens is 370 g/mol. The van der Waals surface area contributed by atoms with E-state index in [4.69, 9.17) is 4.52 Å². The van der Waals surface area contributed by atoms with Gasteiger partial charge in [0, 0.05) is 27.2 Å². The predicted molar refractivity (Wildman–Crippen MR) is 93.8 cm³/mol. The summed E-state index contributed by atoms with van der Waals surface area (Å²) >= 11 is 3.39. The molecule has 1 aromatic heterocycles. The van der Waals surface area contributed by atoms with Gasteiger partial charge < -0.3 is 9.84 Å². The van der Waals surface area contributed by atoms with Gasteiger partial charge in [-0.1, -0.05) is 39.3 Å². The van der Waals surface area contributed by atoms with Gasteiger partial charge in [0.1, 0.15) is 0 Å². The second-order valence-corrected chi connectivity index (χ2v) is 6.69. The first-order valence-electron chi connectivity index (χ1n) is 7.70. The summed E-state index contributed by atoms with van der Waals surface area (Å²) in [7, 11) is 0. The largest absolute Gasteiger partial charge is 0.339 e. The molecule has 1 aliphatic carbocycles. The Morgan fingerprint density at radius 3 is 2.67 bits per heavy atom. The quantitative estimate of drug-likeness (QED) is 0.712. The van der Waals surface area contributed by atoms with Crippen LogP contribution in [-0.4, -0.2) is 16.0 Å². The number of halogens is 1. The molecule has 0 atom stereocenters. The van der Waals surface area contributed by atoms with Crippen molar-refractivity contribution in [1.29, 1.82) is 0 Å². The average molecular weight is 384 g/mol. The minimum absolute atomic E-state index is 0.161. The highest BCUT2D eigenvalue weighted by molar-refractivity contribution is 9.10. The lowest BCUT2D eigenvalue weighted by Crippen LogP contribution is -2.11. The van der Waals surface area contributed by atoms with Gasteiger partial charge in [-0.15, -0.1) is 0 Å². The number of anilines is 1. The molecule has 1 aliphatic rings. The van der Waals surface area contributed by atoms with Crippen LogP contribution in [-0.2, 0) is 0 Å². The number of nitrogens with one attached hydrogen (secondary N) is 1. The van der Waals surface area contributed by atoms with Crippen LogP contribution in [0.2, 0.25) is 0 Å². The summed E-state index contributed by atoms with van der Waals surface area (Å²) in [6, 6.07) is 14.7. The molecule has 0 spiro atoms. The molecule has 120 valence electrons. The molecule has 24 heavy (non-hydrogen) atoms. The minimum Gasteiger partial charge on any atom is -0.339 e. The van der Waals surface area contributed by atoms with E-state index in [0.29, 0.717) is 23.2 Å². The Morgan fingerprint density at radius 1 is 1.17 bits per heavy atom. The Bertz CT molecular complexity index is 885. The lowest BCUT2D eigenvalue weighted by molar-refractivity contribution is 0.102. The van der Waals surface area contributed by atoms with Crippen molar-refractivity contribution in [3.63, 3.8) is 0 Å². The van der Waals surface area contributed by atoms with Gasteiger partial charge >= 0.3 is 0 Å². The van der Waals surface area contributed by atoms with E-state index in [1.54, 1.807) is 12.1 Å². The zero-order chi connectivity index (χ0) is 16.5. The molecule has 0 aliphatic heterocycles. The molecule has 1 saturated carbocycles. The second kappa shape index (κ2) is 6.20. The molecule has 4 rings (SSSR count). The first-order chi connectivity index (χ1) is 11.7. The van der Waals surface area contributed by atoms with Crippen LogP contribution in [0.15, 0.2) is 57.5 Å². The molecule has 6 heteroatoms. The van der Waals surface area contributed by atoms with E-state index in [-0.39, 0.29) is 5.91 Å². The smallest absolute Gasteiger partial charge is 0.255 e. The van der Waals surface area contributed by atoms with Crippen molar-refractivity contribution in [3.05, 3.63) is 64.5 Å². The fourth-order valence-corrected chi connectivity index (χ4v) is 2.79. The summed E-state index contributed by atoms with van der Waals surface area (Å²) in [6.07, 6.45) is 2.24. The number of carbonyl (C=O) groups excluding carboxylic acids is 1. The van der Waals surface area contributed by atoms with Crippen LogP contribution in [0.5, 0.6) is 0 Å². The van der Waals surface area contributed by atoms with Crippen molar-refractivity contribution in [3.8, 4) is 11.4 Å². The van der Waals surface area contributed by atoms with Crippen molar-refractivity contribution in [2.45, 2.75) is 18.8 Å². The van der Waals surface area contributed by atoms with Gasteiger partial charge in [-0.3, -0.25) is 4.79 Å². The molecule has 5 nitrogen and oxygen atoms in total. The van der Waals surface area contributed by atoms with Gasteiger partial charge in [-0.05, 0) is 43.2 Å². The maximum atomic E-state index is 12.3. The molecule has 0 radical (unpaired) electrons. The lowest BCUT2D eigenvalue weighted by Gasteiger charge is -2.06. The van der Waals surface area contributed by atoms with Gasteiger partial charge in [0.2, 0.25) is 11.7 Å². The van der Waals surface area contributed by atoms with Crippen LogP contribution in [0.25, 0.3) is 11.4 Å². The van der Waals surface area contributed by atoms with E-state index < -0.39 is 0 Å². The third-order valence-electron chi connectivity index (χ3n) is 3.86. The van der Waals surface area contributed by atoms with Crippen LogP contribution in [0, 0.1) is 0 Å². The number of carbonyl (C=O) groups is 1. The van der Waals surface area contributed by atoms with Crippen molar-refractivity contribution >= 4 is 27.5 Å². The Morgan fingerprint density at radius 2 is 1.96 bits per heavy atom. The number of nitrogens with zero attached hydrogens (tertiary/aromatic N) is 2. The zero-order valence-electron chi connectivity index (χ0n) is 12.7. The van der Waals surface area contributed by atoms with Crippen LogP contribution in [0.4, 0.5) is 5.69 Å². The van der Waals surface area contributed by atoms with E-state index in [9.17, 15) is 4.79 Å². The summed E-state index contributed by atoms with van der Waals surface area (Å²) in [5, 5.41) is 6.87. The van der Waals surface area contributed by atoms with Crippen molar-refractivity contribution in [2.24, 2.45) is 0 Å². The number of rotatable bonds is 4. The summed E-state index contributed by atoms with van der Waals surface area (Å²) in [4.78, 5) is 16.7. The minimum atomic E-state index is -0.161. The fourth-order valence-electron chi connectivity index (χ4n) is 2.39. The van der Waals surface area contributed by atoms with E-state index >= 15 is 0 Å². The van der Waals surface area contributed by atoms with Crippen molar-refractivity contribution < 1.29 is 9.32 Å². The lowest BCUT2D eigenvalue weighted by atomic mass is 10.1. The number of aromatic nitrogens is 2. The Labute approximate surface area is 147 Å². The summed E-state index contributed by atoms with van der Waals surface area (Å²) in [5.74, 6) is 1.55. The Balaban J connectivity index is 1.49. The molecule has 1 N–H and O–H groups in total. The first-order valence-corrected chi connectivity index (χ1v) is 8.49. The van der Waals surface area contributed by atoms with E-state index in [1.807, 2.05) is 36.4 Å². The third-order valence-corrected chi connectivity index (χ3v) is 4.35. The van der Waals surface area contributed by atoms with Gasteiger partial charge in [-0.2, -0.15) is 4.98 Å². The number of hydrogen-bond donors (Lipinski definition) is 1.